The van der Waals surface area contributed by atoms with Crippen molar-refractivity contribution >= 4 is 17.6 Å². The molecule has 0 aliphatic heterocycles. The number of rotatable bonds is 2. The summed E-state index contributed by atoms with van der Waals surface area (Å²) in [6.07, 6.45) is 1.35. The second-order valence-corrected chi connectivity index (χ2v) is 2.71. The van der Waals surface area contributed by atoms with E-state index < -0.39 is 5.97 Å². The number of aryl methyl sites for hydroxylation is 1. The van der Waals surface area contributed by atoms with Gasteiger partial charge < -0.3 is 4.74 Å². The molecular weight excluding hydrogens is 192 g/mol. The van der Waals surface area contributed by atoms with E-state index in [0.717, 1.165) is 0 Å². The number of esters is 1. The number of hydrogen-bond acceptors (Lipinski definition) is 4. The molecule has 0 N–H and O–H groups in total. The van der Waals surface area contributed by atoms with Crippen LogP contribution in [0.5, 0.6) is 0 Å². The number of nitrogens with zero attached hydrogens (tertiary/aromatic N) is 2. The summed E-state index contributed by atoms with van der Waals surface area (Å²) in [7, 11) is 0. The van der Waals surface area contributed by atoms with Crippen molar-refractivity contribution in [2.45, 2.75) is 13.8 Å². The number of carbonyl (C=O) groups excluding carboxylic acids is 1. The van der Waals surface area contributed by atoms with Gasteiger partial charge in [0, 0.05) is 0 Å². The third-order valence-corrected chi connectivity index (χ3v) is 1.74. The van der Waals surface area contributed by atoms with Gasteiger partial charge in [-0.1, -0.05) is 11.6 Å². The van der Waals surface area contributed by atoms with Crippen LogP contribution in [0.25, 0.3) is 0 Å². The van der Waals surface area contributed by atoms with E-state index >= 15 is 0 Å². The molecule has 0 fully saturated rings. The second-order valence-electron chi connectivity index (χ2n) is 2.35. The van der Waals surface area contributed by atoms with Crippen LogP contribution in [0.3, 0.4) is 0 Å². The summed E-state index contributed by atoms with van der Waals surface area (Å²) >= 11 is 5.68. The Bertz CT molecular complexity index is 328. The van der Waals surface area contributed by atoms with E-state index in [1.807, 2.05) is 0 Å². The molecule has 0 aliphatic rings. The molecule has 1 aromatic heterocycles. The monoisotopic (exact) mass is 200 g/mol. The van der Waals surface area contributed by atoms with E-state index in [4.69, 9.17) is 16.3 Å². The first-order valence-electron chi connectivity index (χ1n) is 3.81. The van der Waals surface area contributed by atoms with E-state index in [0.29, 0.717) is 12.3 Å². The van der Waals surface area contributed by atoms with Gasteiger partial charge in [-0.05, 0) is 13.8 Å². The Hall–Kier alpha value is -1.16. The van der Waals surface area contributed by atoms with E-state index in [1.165, 1.54) is 6.20 Å². The molecule has 0 amide bonds. The lowest BCUT2D eigenvalue weighted by atomic mass is 10.4. The zero-order chi connectivity index (χ0) is 9.84. The largest absolute Gasteiger partial charge is 0.461 e. The lowest BCUT2D eigenvalue weighted by Crippen LogP contribution is -2.08. The maximum Gasteiger partial charge on any atom is 0.358 e. The summed E-state index contributed by atoms with van der Waals surface area (Å²) in [5, 5.41) is 0.227. The third-order valence-electron chi connectivity index (χ3n) is 1.38. The Morgan fingerprint density at radius 3 is 2.92 bits per heavy atom. The molecule has 0 aliphatic carbocycles. The fourth-order valence-electron chi connectivity index (χ4n) is 0.730. The Kier molecular flexibility index (Phi) is 3.19. The van der Waals surface area contributed by atoms with E-state index in [2.05, 4.69) is 9.97 Å². The topological polar surface area (TPSA) is 52.1 Å². The molecule has 0 bridgehead atoms. The molecular formula is C8H9ClN2O2. The van der Waals surface area contributed by atoms with Gasteiger partial charge in [0.25, 0.3) is 0 Å². The van der Waals surface area contributed by atoms with Crippen LogP contribution < -0.4 is 0 Å². The summed E-state index contributed by atoms with van der Waals surface area (Å²) < 4.78 is 4.72. The van der Waals surface area contributed by atoms with E-state index in [-0.39, 0.29) is 10.8 Å². The van der Waals surface area contributed by atoms with Crippen molar-refractivity contribution < 1.29 is 9.53 Å². The van der Waals surface area contributed by atoms with Crippen LogP contribution in [0.1, 0.15) is 23.1 Å². The van der Waals surface area contributed by atoms with Crippen molar-refractivity contribution in [1.82, 2.24) is 9.97 Å². The van der Waals surface area contributed by atoms with Crippen LogP contribution in [0, 0.1) is 6.92 Å². The van der Waals surface area contributed by atoms with Crippen LogP contribution in [-0.4, -0.2) is 22.5 Å². The molecule has 0 saturated heterocycles. The Balaban J connectivity index is 2.90. The quantitative estimate of drug-likeness (QED) is 0.681. The number of carbonyl (C=O) groups is 1. The summed E-state index contributed by atoms with van der Waals surface area (Å²) in [6.45, 7) is 3.75. The van der Waals surface area contributed by atoms with Crippen LogP contribution in [-0.2, 0) is 4.74 Å². The maximum atomic E-state index is 11.1. The zero-order valence-corrected chi connectivity index (χ0v) is 8.13. The molecule has 0 saturated carbocycles. The molecule has 1 rings (SSSR count). The molecule has 1 aromatic rings. The Morgan fingerprint density at radius 1 is 1.69 bits per heavy atom. The van der Waals surface area contributed by atoms with Gasteiger partial charge in [-0.2, -0.15) is 0 Å². The molecule has 0 spiro atoms. The van der Waals surface area contributed by atoms with Crippen molar-refractivity contribution in [3.63, 3.8) is 0 Å². The number of hydrogen-bond donors (Lipinski definition) is 0. The summed E-state index contributed by atoms with van der Waals surface area (Å²) in [6, 6.07) is 0. The fraction of sp³-hybridized carbons (Fsp3) is 0.375. The van der Waals surface area contributed by atoms with Crippen molar-refractivity contribution in [3.8, 4) is 0 Å². The standard InChI is InChI=1S/C8H9ClN2O2/c1-3-13-8(12)6-4-10-5(2)7(9)11-6/h4H,3H2,1-2H3. The zero-order valence-electron chi connectivity index (χ0n) is 7.37. The van der Waals surface area contributed by atoms with Gasteiger partial charge in [-0.15, -0.1) is 0 Å². The molecule has 70 valence electrons. The predicted molar refractivity (Wildman–Crippen MR) is 47.7 cm³/mol. The highest BCUT2D eigenvalue weighted by Crippen LogP contribution is 2.09. The molecule has 0 radical (unpaired) electrons. The lowest BCUT2D eigenvalue weighted by Gasteiger charge is -2.01. The predicted octanol–water partition coefficient (Wildman–Crippen LogP) is 1.62. The normalized spacial score (nSPS) is 9.77. The third kappa shape index (κ3) is 2.39. The molecule has 4 nitrogen and oxygen atoms in total. The summed E-state index contributed by atoms with van der Waals surface area (Å²) in [4.78, 5) is 18.8. The smallest absolute Gasteiger partial charge is 0.358 e. The first-order chi connectivity index (χ1) is 6.15. The average Bonchev–Trinajstić information content (AvgIpc) is 2.10. The van der Waals surface area contributed by atoms with Gasteiger partial charge in [0.05, 0.1) is 18.5 Å². The van der Waals surface area contributed by atoms with Crippen molar-refractivity contribution in [2.24, 2.45) is 0 Å². The molecule has 0 aromatic carbocycles. The van der Waals surface area contributed by atoms with E-state index in [1.54, 1.807) is 13.8 Å². The molecule has 5 heteroatoms. The maximum absolute atomic E-state index is 11.1. The number of halogens is 1. The van der Waals surface area contributed by atoms with Gasteiger partial charge in [0.15, 0.2) is 10.8 Å². The molecule has 0 unspecified atom stereocenters. The first-order valence-corrected chi connectivity index (χ1v) is 4.19. The number of aromatic nitrogens is 2. The minimum Gasteiger partial charge on any atom is -0.461 e. The molecule has 1 heterocycles. The van der Waals surface area contributed by atoms with Crippen molar-refractivity contribution in [1.29, 1.82) is 0 Å². The van der Waals surface area contributed by atoms with Crippen LogP contribution in [0.15, 0.2) is 6.20 Å². The van der Waals surface area contributed by atoms with Gasteiger partial charge in [0.2, 0.25) is 0 Å². The SMILES string of the molecule is CCOC(=O)c1cnc(C)c(Cl)n1. The second kappa shape index (κ2) is 4.18. The first kappa shape index (κ1) is 9.92. The highest BCUT2D eigenvalue weighted by molar-refractivity contribution is 6.30. The number of ether oxygens (including phenoxy) is 1. The van der Waals surface area contributed by atoms with Gasteiger partial charge >= 0.3 is 5.97 Å². The fourth-order valence-corrected chi connectivity index (χ4v) is 0.870. The summed E-state index contributed by atoms with van der Waals surface area (Å²) in [5.74, 6) is -0.503. The van der Waals surface area contributed by atoms with Gasteiger partial charge in [0.1, 0.15) is 0 Å². The average molecular weight is 201 g/mol. The minimum absolute atomic E-state index is 0.137. The highest BCUT2D eigenvalue weighted by Gasteiger charge is 2.10. The van der Waals surface area contributed by atoms with Crippen LogP contribution in [0.4, 0.5) is 0 Å². The van der Waals surface area contributed by atoms with Gasteiger partial charge in [-0.3, -0.25) is 4.98 Å². The Labute approximate surface area is 80.9 Å². The van der Waals surface area contributed by atoms with Crippen molar-refractivity contribution in [3.05, 3.63) is 22.7 Å². The Morgan fingerprint density at radius 2 is 2.38 bits per heavy atom. The molecule has 0 atom stereocenters. The minimum atomic E-state index is -0.503. The van der Waals surface area contributed by atoms with Crippen LogP contribution >= 0.6 is 11.6 Å². The highest BCUT2D eigenvalue weighted by atomic mass is 35.5. The lowest BCUT2D eigenvalue weighted by molar-refractivity contribution is 0.0519. The van der Waals surface area contributed by atoms with E-state index in [9.17, 15) is 4.79 Å². The van der Waals surface area contributed by atoms with Gasteiger partial charge in [-0.25, -0.2) is 9.78 Å². The van der Waals surface area contributed by atoms with Crippen molar-refractivity contribution in [2.75, 3.05) is 6.61 Å². The summed E-state index contributed by atoms with van der Waals surface area (Å²) in [5.41, 5.74) is 0.729. The van der Waals surface area contributed by atoms with Crippen LogP contribution in [0.2, 0.25) is 5.15 Å². The molecule has 13 heavy (non-hydrogen) atoms.